The second-order valence-electron chi connectivity index (χ2n) is 4.31. The third-order valence-electron chi connectivity index (χ3n) is 2.87. The van der Waals surface area contributed by atoms with Crippen LogP contribution in [-0.4, -0.2) is 5.11 Å². The first kappa shape index (κ1) is 16.1. The maximum Gasteiger partial charge on any atom is 0.419 e. The van der Waals surface area contributed by atoms with Gasteiger partial charge in [0.1, 0.15) is 11.9 Å². The van der Waals surface area contributed by atoms with Crippen LogP contribution in [0.1, 0.15) is 22.8 Å². The predicted molar refractivity (Wildman–Crippen MR) is 71.9 cm³/mol. The van der Waals surface area contributed by atoms with Gasteiger partial charge in [0.05, 0.1) is 5.56 Å². The summed E-state index contributed by atoms with van der Waals surface area (Å²) in [7, 11) is 0. The molecule has 0 aromatic heterocycles. The van der Waals surface area contributed by atoms with Crippen LogP contribution in [0.4, 0.5) is 17.6 Å². The van der Waals surface area contributed by atoms with Gasteiger partial charge >= 0.3 is 6.18 Å². The summed E-state index contributed by atoms with van der Waals surface area (Å²) in [5.74, 6) is -1.45. The number of rotatable bonds is 2. The maximum atomic E-state index is 13.5. The third kappa shape index (κ3) is 3.48. The molecule has 0 saturated carbocycles. The van der Waals surface area contributed by atoms with E-state index in [4.69, 9.17) is 23.2 Å². The summed E-state index contributed by atoms with van der Waals surface area (Å²) in [4.78, 5) is 0. The molecule has 1 atom stereocenters. The molecule has 1 unspecified atom stereocenters. The van der Waals surface area contributed by atoms with Gasteiger partial charge in [0.2, 0.25) is 0 Å². The fourth-order valence-electron chi connectivity index (χ4n) is 1.83. The summed E-state index contributed by atoms with van der Waals surface area (Å²) in [5.41, 5.74) is -1.20. The Morgan fingerprint density at radius 3 is 2.19 bits per heavy atom. The number of benzene rings is 2. The zero-order chi connectivity index (χ0) is 15.8. The first-order valence-electron chi connectivity index (χ1n) is 5.70. The molecule has 1 N–H and O–H groups in total. The fourth-order valence-corrected chi connectivity index (χ4v) is 2.35. The Hall–Kier alpha value is -1.30. The molecule has 2 aromatic rings. The predicted octanol–water partition coefficient (Wildman–Crippen LogP) is 5.23. The summed E-state index contributed by atoms with van der Waals surface area (Å²) < 4.78 is 50.9. The number of aliphatic hydroxyl groups excluding tert-OH is 1. The van der Waals surface area contributed by atoms with Crippen molar-refractivity contribution in [2.75, 3.05) is 0 Å². The highest BCUT2D eigenvalue weighted by atomic mass is 35.5. The summed E-state index contributed by atoms with van der Waals surface area (Å²) in [6.07, 6.45) is -6.14. The summed E-state index contributed by atoms with van der Waals surface area (Å²) in [6.45, 7) is 0. The van der Waals surface area contributed by atoms with Crippen LogP contribution in [0.25, 0.3) is 0 Å². The second-order valence-corrected chi connectivity index (χ2v) is 5.15. The Bertz CT molecular complexity index is 671. The molecule has 0 heterocycles. The summed E-state index contributed by atoms with van der Waals surface area (Å²) in [6, 6.07) is 6.48. The Labute approximate surface area is 127 Å². The SMILES string of the molecule is OC(c1ccc(C(F)(F)F)c(F)c1)c1ccc(Cl)cc1Cl. The molecule has 1 nitrogen and oxygen atoms in total. The van der Waals surface area contributed by atoms with Gasteiger partial charge in [-0.15, -0.1) is 0 Å². The molecular formula is C14H8Cl2F4O. The average molecular weight is 339 g/mol. The second kappa shape index (κ2) is 5.83. The first-order valence-corrected chi connectivity index (χ1v) is 6.45. The molecule has 0 fully saturated rings. The van der Waals surface area contributed by atoms with Gasteiger partial charge in [0, 0.05) is 15.6 Å². The summed E-state index contributed by atoms with van der Waals surface area (Å²) >= 11 is 11.6. The summed E-state index contributed by atoms with van der Waals surface area (Å²) in [5, 5.41) is 10.6. The minimum atomic E-state index is -4.79. The van der Waals surface area contributed by atoms with Crippen molar-refractivity contribution in [1.29, 1.82) is 0 Å². The van der Waals surface area contributed by atoms with Crippen molar-refractivity contribution in [2.45, 2.75) is 12.3 Å². The van der Waals surface area contributed by atoms with E-state index in [1.807, 2.05) is 0 Å². The van der Waals surface area contributed by atoms with Crippen molar-refractivity contribution >= 4 is 23.2 Å². The number of halogens is 6. The molecule has 7 heteroatoms. The molecule has 21 heavy (non-hydrogen) atoms. The third-order valence-corrected chi connectivity index (χ3v) is 3.43. The first-order chi connectivity index (χ1) is 9.70. The number of hydrogen-bond donors (Lipinski definition) is 1. The monoisotopic (exact) mass is 338 g/mol. The maximum absolute atomic E-state index is 13.5. The molecule has 2 rings (SSSR count). The van der Waals surface area contributed by atoms with Crippen LogP contribution in [0.2, 0.25) is 10.0 Å². The van der Waals surface area contributed by atoms with Gasteiger partial charge < -0.3 is 5.11 Å². The van der Waals surface area contributed by atoms with E-state index in [1.54, 1.807) is 0 Å². The van der Waals surface area contributed by atoms with Crippen LogP contribution in [-0.2, 0) is 6.18 Å². The van der Waals surface area contributed by atoms with E-state index in [0.29, 0.717) is 17.2 Å². The normalized spacial score (nSPS) is 13.3. The minimum absolute atomic E-state index is 0.0373. The molecule has 0 spiro atoms. The number of hydrogen-bond acceptors (Lipinski definition) is 1. The lowest BCUT2D eigenvalue weighted by Gasteiger charge is -2.15. The van der Waals surface area contributed by atoms with Crippen LogP contribution >= 0.6 is 23.2 Å². The van der Waals surface area contributed by atoms with Crippen molar-refractivity contribution in [2.24, 2.45) is 0 Å². The molecule has 0 aliphatic rings. The van der Waals surface area contributed by atoms with E-state index < -0.39 is 23.7 Å². The Morgan fingerprint density at radius 2 is 1.67 bits per heavy atom. The standard InChI is InChI=1S/C14H8Cl2F4O/c15-8-2-3-9(11(16)6-8)13(21)7-1-4-10(12(17)5-7)14(18,19)20/h1-6,13,21H. The topological polar surface area (TPSA) is 20.2 Å². The lowest BCUT2D eigenvalue weighted by Crippen LogP contribution is -2.09. The fraction of sp³-hybridized carbons (Fsp3) is 0.143. The van der Waals surface area contributed by atoms with Crippen molar-refractivity contribution in [3.8, 4) is 0 Å². The number of aliphatic hydroxyl groups is 1. The van der Waals surface area contributed by atoms with Crippen LogP contribution in [0.3, 0.4) is 0 Å². The molecule has 0 aliphatic carbocycles. The van der Waals surface area contributed by atoms with E-state index in [1.165, 1.54) is 18.2 Å². The molecule has 0 aliphatic heterocycles. The van der Waals surface area contributed by atoms with Gasteiger partial charge in [0.15, 0.2) is 0 Å². The highest BCUT2D eigenvalue weighted by Gasteiger charge is 2.34. The average Bonchev–Trinajstić information content (AvgIpc) is 2.36. The highest BCUT2D eigenvalue weighted by Crippen LogP contribution is 2.35. The minimum Gasteiger partial charge on any atom is -0.384 e. The van der Waals surface area contributed by atoms with E-state index in [2.05, 4.69) is 0 Å². The van der Waals surface area contributed by atoms with Crippen molar-refractivity contribution in [3.05, 3.63) is 69.0 Å². The van der Waals surface area contributed by atoms with Gasteiger partial charge in [-0.05, 0) is 29.8 Å². The molecule has 0 saturated heterocycles. The van der Waals surface area contributed by atoms with Crippen LogP contribution < -0.4 is 0 Å². The van der Waals surface area contributed by atoms with E-state index in [9.17, 15) is 22.7 Å². The zero-order valence-corrected chi connectivity index (χ0v) is 11.8. The van der Waals surface area contributed by atoms with E-state index in [-0.39, 0.29) is 16.1 Å². The Balaban J connectivity index is 2.40. The van der Waals surface area contributed by atoms with E-state index in [0.717, 1.165) is 6.07 Å². The molecule has 0 bridgehead atoms. The Kier molecular flexibility index (Phi) is 4.46. The molecule has 2 aromatic carbocycles. The molecule has 0 amide bonds. The number of alkyl halides is 3. The quantitative estimate of drug-likeness (QED) is 0.743. The van der Waals surface area contributed by atoms with Crippen LogP contribution in [0, 0.1) is 5.82 Å². The Morgan fingerprint density at radius 1 is 1.00 bits per heavy atom. The van der Waals surface area contributed by atoms with Gasteiger partial charge in [-0.25, -0.2) is 4.39 Å². The lowest BCUT2D eigenvalue weighted by molar-refractivity contribution is -0.140. The van der Waals surface area contributed by atoms with Crippen molar-refractivity contribution in [3.63, 3.8) is 0 Å². The van der Waals surface area contributed by atoms with E-state index >= 15 is 0 Å². The largest absolute Gasteiger partial charge is 0.419 e. The smallest absolute Gasteiger partial charge is 0.384 e. The highest BCUT2D eigenvalue weighted by molar-refractivity contribution is 6.35. The molecular weight excluding hydrogens is 331 g/mol. The van der Waals surface area contributed by atoms with Crippen LogP contribution in [0.15, 0.2) is 36.4 Å². The van der Waals surface area contributed by atoms with Gasteiger partial charge in [-0.2, -0.15) is 13.2 Å². The van der Waals surface area contributed by atoms with Gasteiger partial charge in [-0.3, -0.25) is 0 Å². The van der Waals surface area contributed by atoms with Gasteiger partial charge in [-0.1, -0.05) is 35.3 Å². The zero-order valence-electron chi connectivity index (χ0n) is 10.3. The molecule has 112 valence electrons. The van der Waals surface area contributed by atoms with Crippen molar-refractivity contribution < 1.29 is 22.7 Å². The van der Waals surface area contributed by atoms with Crippen molar-refractivity contribution in [1.82, 2.24) is 0 Å². The van der Waals surface area contributed by atoms with Gasteiger partial charge in [0.25, 0.3) is 0 Å². The lowest BCUT2D eigenvalue weighted by atomic mass is 10.00. The van der Waals surface area contributed by atoms with Crippen LogP contribution in [0.5, 0.6) is 0 Å². The molecule has 0 radical (unpaired) electrons.